The summed E-state index contributed by atoms with van der Waals surface area (Å²) in [5.74, 6) is -0.226. The topological polar surface area (TPSA) is 35.5 Å². The van der Waals surface area contributed by atoms with Crippen molar-refractivity contribution in [1.29, 1.82) is 0 Å². The van der Waals surface area contributed by atoms with Gasteiger partial charge in [-0.05, 0) is 24.3 Å². The van der Waals surface area contributed by atoms with E-state index in [1.54, 1.807) is 6.07 Å². The van der Waals surface area contributed by atoms with Gasteiger partial charge in [-0.15, -0.1) is 11.3 Å². The summed E-state index contributed by atoms with van der Waals surface area (Å²) in [6, 6.07) is 3.62. The van der Waals surface area contributed by atoms with Crippen molar-refractivity contribution in [2.24, 2.45) is 0 Å². The van der Waals surface area contributed by atoms with Crippen LogP contribution in [0.1, 0.15) is 22.5 Å². The first-order valence-electron chi connectivity index (χ1n) is 4.68. The predicted octanol–water partition coefficient (Wildman–Crippen LogP) is 2.08. The third-order valence-corrected chi connectivity index (χ3v) is 2.96. The summed E-state index contributed by atoms with van der Waals surface area (Å²) in [7, 11) is 0. The Hall–Kier alpha value is -0.870. The highest BCUT2D eigenvalue weighted by molar-refractivity contribution is 7.11. The van der Waals surface area contributed by atoms with E-state index in [2.05, 4.69) is 0 Å². The second-order valence-corrected chi connectivity index (χ2v) is 4.17. The first-order chi connectivity index (χ1) is 6.86. The van der Waals surface area contributed by atoms with Crippen molar-refractivity contribution in [3.8, 4) is 0 Å². The molecule has 1 atom stereocenters. The van der Waals surface area contributed by atoms with Crippen LogP contribution >= 0.6 is 11.3 Å². The van der Waals surface area contributed by atoms with Crippen LogP contribution in [-0.4, -0.2) is 25.3 Å². The fraction of sp³-hybridized carbons (Fsp3) is 0.500. The highest BCUT2D eigenvalue weighted by Gasteiger charge is 2.19. The number of thiophene rings is 1. The Morgan fingerprint density at radius 2 is 2.57 bits per heavy atom. The van der Waals surface area contributed by atoms with Crippen molar-refractivity contribution in [2.45, 2.75) is 18.9 Å². The van der Waals surface area contributed by atoms with E-state index >= 15 is 0 Å². The fourth-order valence-electron chi connectivity index (χ4n) is 1.41. The minimum Gasteiger partial charge on any atom is -0.456 e. The maximum absolute atomic E-state index is 11.5. The Morgan fingerprint density at radius 1 is 1.64 bits per heavy atom. The average molecular weight is 212 g/mol. The maximum atomic E-state index is 11.5. The van der Waals surface area contributed by atoms with Crippen LogP contribution in [0.4, 0.5) is 0 Å². The molecule has 76 valence electrons. The minimum absolute atomic E-state index is 0.0571. The molecule has 2 heterocycles. The molecule has 0 aromatic carbocycles. The lowest BCUT2D eigenvalue weighted by Crippen LogP contribution is -2.27. The van der Waals surface area contributed by atoms with E-state index in [1.165, 1.54) is 11.3 Å². The molecule has 1 fully saturated rings. The Kier molecular flexibility index (Phi) is 3.16. The Balaban J connectivity index is 1.87. The highest BCUT2D eigenvalue weighted by Crippen LogP contribution is 2.15. The normalized spacial score (nSPS) is 21.9. The van der Waals surface area contributed by atoms with Gasteiger partial charge in [-0.2, -0.15) is 0 Å². The number of rotatable bonds is 2. The second-order valence-electron chi connectivity index (χ2n) is 3.22. The van der Waals surface area contributed by atoms with Gasteiger partial charge in [0.25, 0.3) is 0 Å². The quantitative estimate of drug-likeness (QED) is 0.704. The summed E-state index contributed by atoms with van der Waals surface area (Å²) in [6.07, 6.45) is 1.83. The smallest absolute Gasteiger partial charge is 0.348 e. The number of esters is 1. The lowest BCUT2D eigenvalue weighted by atomic mass is 10.2. The molecule has 1 aliphatic rings. The van der Waals surface area contributed by atoms with Gasteiger partial charge in [-0.3, -0.25) is 0 Å². The van der Waals surface area contributed by atoms with Gasteiger partial charge in [0.2, 0.25) is 0 Å². The van der Waals surface area contributed by atoms with Crippen LogP contribution < -0.4 is 0 Å². The molecule has 0 amide bonds. The molecule has 1 unspecified atom stereocenters. The van der Waals surface area contributed by atoms with Gasteiger partial charge in [-0.25, -0.2) is 4.79 Å². The number of hydrogen-bond donors (Lipinski definition) is 0. The zero-order valence-corrected chi connectivity index (χ0v) is 8.59. The SMILES string of the molecule is O=C(OC1CCCOC1)c1cccs1. The van der Waals surface area contributed by atoms with Crippen LogP contribution in [0.2, 0.25) is 0 Å². The molecule has 0 spiro atoms. The molecular weight excluding hydrogens is 200 g/mol. The standard InChI is InChI=1S/C10H12O3S/c11-10(9-4-2-6-14-9)13-8-3-1-5-12-7-8/h2,4,6,8H,1,3,5,7H2. The minimum atomic E-state index is -0.226. The highest BCUT2D eigenvalue weighted by atomic mass is 32.1. The van der Waals surface area contributed by atoms with Gasteiger partial charge in [0.1, 0.15) is 11.0 Å². The Morgan fingerprint density at radius 3 is 3.21 bits per heavy atom. The predicted molar refractivity (Wildman–Crippen MR) is 53.6 cm³/mol. The van der Waals surface area contributed by atoms with E-state index in [9.17, 15) is 4.79 Å². The van der Waals surface area contributed by atoms with Crippen LogP contribution in [0.5, 0.6) is 0 Å². The van der Waals surface area contributed by atoms with E-state index in [0.717, 1.165) is 19.4 Å². The van der Waals surface area contributed by atoms with Crippen molar-refractivity contribution in [3.05, 3.63) is 22.4 Å². The fourth-order valence-corrected chi connectivity index (χ4v) is 2.01. The number of carbonyl (C=O) groups is 1. The third kappa shape index (κ3) is 2.33. The lowest BCUT2D eigenvalue weighted by Gasteiger charge is -2.21. The van der Waals surface area contributed by atoms with Gasteiger partial charge in [-0.1, -0.05) is 6.07 Å². The first-order valence-corrected chi connectivity index (χ1v) is 5.56. The molecule has 4 heteroatoms. The Labute approximate surface area is 86.6 Å². The molecule has 14 heavy (non-hydrogen) atoms. The lowest BCUT2D eigenvalue weighted by molar-refractivity contribution is -0.0302. The molecule has 2 rings (SSSR count). The number of carbonyl (C=O) groups excluding carboxylic acids is 1. The molecule has 1 saturated heterocycles. The molecule has 0 radical (unpaired) electrons. The van der Waals surface area contributed by atoms with E-state index < -0.39 is 0 Å². The van der Waals surface area contributed by atoms with Crippen molar-refractivity contribution in [1.82, 2.24) is 0 Å². The van der Waals surface area contributed by atoms with Crippen LogP contribution in [0.3, 0.4) is 0 Å². The molecule has 1 aliphatic heterocycles. The molecule has 0 saturated carbocycles. The maximum Gasteiger partial charge on any atom is 0.348 e. The van der Waals surface area contributed by atoms with Crippen LogP contribution in [0.15, 0.2) is 17.5 Å². The van der Waals surface area contributed by atoms with Crippen LogP contribution in [0, 0.1) is 0 Å². The van der Waals surface area contributed by atoms with E-state index in [-0.39, 0.29) is 12.1 Å². The number of hydrogen-bond acceptors (Lipinski definition) is 4. The Bertz CT molecular complexity index is 288. The molecule has 0 aliphatic carbocycles. The van der Waals surface area contributed by atoms with Gasteiger partial charge >= 0.3 is 5.97 Å². The number of ether oxygens (including phenoxy) is 2. The monoisotopic (exact) mass is 212 g/mol. The molecule has 0 bridgehead atoms. The van der Waals surface area contributed by atoms with Crippen LogP contribution in [0.25, 0.3) is 0 Å². The summed E-state index contributed by atoms with van der Waals surface area (Å²) in [4.78, 5) is 12.2. The summed E-state index contributed by atoms with van der Waals surface area (Å²) in [5, 5.41) is 1.87. The van der Waals surface area contributed by atoms with Crippen molar-refractivity contribution < 1.29 is 14.3 Å². The molecule has 3 nitrogen and oxygen atoms in total. The molecular formula is C10H12O3S. The average Bonchev–Trinajstić information content (AvgIpc) is 2.72. The van der Waals surface area contributed by atoms with E-state index in [4.69, 9.17) is 9.47 Å². The zero-order chi connectivity index (χ0) is 9.80. The van der Waals surface area contributed by atoms with Crippen molar-refractivity contribution in [2.75, 3.05) is 13.2 Å². The molecule has 1 aromatic rings. The summed E-state index contributed by atoms with van der Waals surface area (Å²) in [6.45, 7) is 1.32. The van der Waals surface area contributed by atoms with Gasteiger partial charge < -0.3 is 9.47 Å². The summed E-state index contributed by atoms with van der Waals surface area (Å²) >= 11 is 1.40. The van der Waals surface area contributed by atoms with Crippen LogP contribution in [-0.2, 0) is 9.47 Å². The summed E-state index contributed by atoms with van der Waals surface area (Å²) in [5.41, 5.74) is 0. The zero-order valence-electron chi connectivity index (χ0n) is 7.77. The largest absolute Gasteiger partial charge is 0.456 e. The van der Waals surface area contributed by atoms with Gasteiger partial charge in [0.05, 0.1) is 6.61 Å². The van der Waals surface area contributed by atoms with Gasteiger partial charge in [0, 0.05) is 6.61 Å². The summed E-state index contributed by atoms with van der Waals surface area (Å²) < 4.78 is 10.5. The third-order valence-electron chi connectivity index (χ3n) is 2.11. The van der Waals surface area contributed by atoms with E-state index in [0.29, 0.717) is 11.5 Å². The van der Waals surface area contributed by atoms with Gasteiger partial charge in [0.15, 0.2) is 0 Å². The second kappa shape index (κ2) is 4.57. The molecule has 1 aromatic heterocycles. The van der Waals surface area contributed by atoms with Crippen molar-refractivity contribution in [3.63, 3.8) is 0 Å². The first kappa shape index (κ1) is 9.68. The van der Waals surface area contributed by atoms with Crippen molar-refractivity contribution >= 4 is 17.3 Å². The van der Waals surface area contributed by atoms with E-state index in [1.807, 2.05) is 11.4 Å². The molecule has 0 N–H and O–H groups in total.